The number of nitrogens with zero attached hydrogens (tertiary/aromatic N) is 3. The van der Waals surface area contributed by atoms with Gasteiger partial charge in [0.1, 0.15) is 12.3 Å². The molecule has 10 nitrogen and oxygen atoms in total. The molecule has 0 saturated carbocycles. The Hall–Kier alpha value is -3.18. The Labute approximate surface area is 199 Å². The lowest BCUT2D eigenvalue weighted by Gasteiger charge is -2.24. The normalized spacial score (nSPS) is 14.1. The number of nitro benzene ring substituents is 1. The van der Waals surface area contributed by atoms with Crippen molar-refractivity contribution in [3.63, 3.8) is 0 Å². The third-order valence-corrected chi connectivity index (χ3v) is 7.55. The van der Waals surface area contributed by atoms with E-state index in [1.807, 2.05) is 0 Å². The van der Waals surface area contributed by atoms with Crippen LogP contribution in [-0.4, -0.2) is 64.0 Å². The third kappa shape index (κ3) is 6.23. The average molecular weight is 491 g/mol. The minimum absolute atomic E-state index is 0.247. The fourth-order valence-corrected chi connectivity index (χ4v) is 5.30. The molecule has 184 valence electrons. The second-order valence-corrected chi connectivity index (χ2v) is 10.0. The van der Waals surface area contributed by atoms with E-state index in [9.17, 15) is 23.3 Å². The minimum atomic E-state index is -4.27. The number of anilines is 1. The van der Waals surface area contributed by atoms with Gasteiger partial charge in [-0.1, -0.05) is 6.07 Å². The predicted molar refractivity (Wildman–Crippen MR) is 129 cm³/mol. The summed E-state index contributed by atoms with van der Waals surface area (Å²) < 4.78 is 33.1. The number of ether oxygens (including phenoxy) is 1. The summed E-state index contributed by atoms with van der Waals surface area (Å²) in [6.45, 7) is 4.53. The quantitative estimate of drug-likeness (QED) is 0.292. The summed E-state index contributed by atoms with van der Waals surface area (Å²) in [5, 5.41) is 14.1. The van der Waals surface area contributed by atoms with Crippen LogP contribution in [0.3, 0.4) is 0 Å². The average Bonchev–Trinajstić information content (AvgIpc) is 3.34. The monoisotopic (exact) mass is 490 g/mol. The Morgan fingerprint density at radius 2 is 1.85 bits per heavy atom. The molecule has 1 aliphatic heterocycles. The van der Waals surface area contributed by atoms with Crippen molar-refractivity contribution in [3.8, 4) is 5.75 Å². The van der Waals surface area contributed by atoms with E-state index in [1.54, 1.807) is 12.1 Å². The van der Waals surface area contributed by atoms with Gasteiger partial charge >= 0.3 is 0 Å². The van der Waals surface area contributed by atoms with Crippen LogP contribution in [-0.2, 0) is 14.8 Å². The van der Waals surface area contributed by atoms with Gasteiger partial charge < -0.3 is 15.0 Å². The number of likely N-dealkylation sites (tertiary alicyclic amines) is 1. The van der Waals surface area contributed by atoms with E-state index in [0.29, 0.717) is 17.9 Å². The highest BCUT2D eigenvalue weighted by Crippen LogP contribution is 2.29. The molecule has 2 aromatic rings. The fraction of sp³-hybridized carbons (Fsp3) is 0.435. The van der Waals surface area contributed by atoms with Gasteiger partial charge in [-0.3, -0.25) is 19.2 Å². The molecule has 0 unspecified atom stereocenters. The van der Waals surface area contributed by atoms with Crippen LogP contribution in [0.5, 0.6) is 5.75 Å². The molecule has 1 fully saturated rings. The van der Waals surface area contributed by atoms with E-state index in [-0.39, 0.29) is 16.3 Å². The highest BCUT2D eigenvalue weighted by atomic mass is 32.2. The van der Waals surface area contributed by atoms with Crippen molar-refractivity contribution in [2.75, 3.05) is 44.1 Å². The molecule has 1 N–H and O–H groups in total. The summed E-state index contributed by atoms with van der Waals surface area (Å²) in [7, 11) is -2.78. The number of nitro groups is 1. The van der Waals surface area contributed by atoms with Crippen LogP contribution in [0, 0.1) is 17.0 Å². The molecule has 1 aliphatic rings. The van der Waals surface area contributed by atoms with Gasteiger partial charge in [-0.15, -0.1) is 0 Å². The Balaban J connectivity index is 1.80. The zero-order valence-corrected chi connectivity index (χ0v) is 20.2. The number of amides is 1. The van der Waals surface area contributed by atoms with Crippen molar-refractivity contribution >= 4 is 27.3 Å². The molecule has 34 heavy (non-hydrogen) atoms. The van der Waals surface area contributed by atoms with Crippen molar-refractivity contribution in [3.05, 3.63) is 58.1 Å². The van der Waals surface area contributed by atoms with Crippen molar-refractivity contribution < 1.29 is 22.9 Å². The molecule has 0 bridgehead atoms. The van der Waals surface area contributed by atoms with Gasteiger partial charge in [0.05, 0.1) is 22.6 Å². The highest BCUT2D eigenvalue weighted by molar-refractivity contribution is 7.92. The molecular formula is C23H30N4O6S. The van der Waals surface area contributed by atoms with Crippen molar-refractivity contribution in [2.24, 2.45) is 0 Å². The van der Waals surface area contributed by atoms with Gasteiger partial charge in [0.25, 0.3) is 15.7 Å². The SMILES string of the molecule is COc1ccc(N(CC(=O)NCCCN2CCCC2)S(=O)(=O)c2ccc(C)c([N+](=O)[O-])c2)cc1. The number of hydrogen-bond acceptors (Lipinski definition) is 7. The number of aryl methyl sites for hydroxylation is 1. The van der Waals surface area contributed by atoms with Crippen LogP contribution >= 0.6 is 0 Å². The zero-order valence-electron chi connectivity index (χ0n) is 19.4. The number of methoxy groups -OCH3 is 1. The number of benzene rings is 2. The zero-order chi connectivity index (χ0) is 24.7. The Morgan fingerprint density at radius 3 is 2.47 bits per heavy atom. The number of nitrogens with one attached hydrogen (secondary N) is 1. The standard InChI is InChI=1S/C23H30N4O6S/c1-18-6-11-21(16-22(18)27(29)30)34(31,32)26(19-7-9-20(33-2)10-8-19)17-23(28)24-12-5-15-25-13-3-4-14-25/h6-11,16H,3-5,12-15,17H2,1-2H3,(H,24,28). The van der Waals surface area contributed by atoms with E-state index in [1.165, 1.54) is 51.1 Å². The lowest BCUT2D eigenvalue weighted by molar-refractivity contribution is -0.385. The molecule has 1 saturated heterocycles. The number of sulfonamides is 1. The number of carbonyl (C=O) groups is 1. The second-order valence-electron chi connectivity index (χ2n) is 8.17. The lowest BCUT2D eigenvalue weighted by atomic mass is 10.2. The molecule has 0 aromatic heterocycles. The Morgan fingerprint density at radius 1 is 1.18 bits per heavy atom. The first-order chi connectivity index (χ1) is 16.2. The maximum absolute atomic E-state index is 13.5. The number of rotatable bonds is 11. The molecule has 0 spiro atoms. The predicted octanol–water partition coefficient (Wildman–Crippen LogP) is 2.71. The summed E-state index contributed by atoms with van der Waals surface area (Å²) in [4.78, 5) is 25.5. The molecule has 1 heterocycles. The molecule has 3 rings (SSSR count). The van der Waals surface area contributed by atoms with Crippen molar-refractivity contribution in [2.45, 2.75) is 31.1 Å². The molecule has 11 heteroatoms. The summed E-state index contributed by atoms with van der Waals surface area (Å²) >= 11 is 0. The summed E-state index contributed by atoms with van der Waals surface area (Å²) in [5.41, 5.74) is 0.286. The van der Waals surface area contributed by atoms with E-state index in [2.05, 4.69) is 10.2 Å². The van der Waals surface area contributed by atoms with Crippen LogP contribution in [0.2, 0.25) is 0 Å². The van der Waals surface area contributed by atoms with Crippen LogP contribution in [0.1, 0.15) is 24.8 Å². The van der Waals surface area contributed by atoms with E-state index >= 15 is 0 Å². The van der Waals surface area contributed by atoms with Gasteiger partial charge in [0.2, 0.25) is 5.91 Å². The molecule has 0 aliphatic carbocycles. The van der Waals surface area contributed by atoms with Gasteiger partial charge in [-0.2, -0.15) is 0 Å². The largest absolute Gasteiger partial charge is 0.497 e. The minimum Gasteiger partial charge on any atom is -0.497 e. The van der Waals surface area contributed by atoms with Gasteiger partial charge in [-0.25, -0.2) is 8.42 Å². The number of carbonyl (C=O) groups excluding carboxylic acids is 1. The van der Waals surface area contributed by atoms with Gasteiger partial charge in [0.15, 0.2) is 0 Å². The fourth-order valence-electron chi connectivity index (χ4n) is 3.86. The van der Waals surface area contributed by atoms with Crippen LogP contribution in [0.15, 0.2) is 47.4 Å². The Bertz CT molecular complexity index is 1110. The van der Waals surface area contributed by atoms with E-state index in [0.717, 1.165) is 36.4 Å². The molecule has 0 atom stereocenters. The highest BCUT2D eigenvalue weighted by Gasteiger charge is 2.29. The maximum Gasteiger partial charge on any atom is 0.273 e. The molecular weight excluding hydrogens is 460 g/mol. The smallest absolute Gasteiger partial charge is 0.273 e. The van der Waals surface area contributed by atoms with Crippen LogP contribution in [0.25, 0.3) is 0 Å². The van der Waals surface area contributed by atoms with Crippen LogP contribution in [0.4, 0.5) is 11.4 Å². The maximum atomic E-state index is 13.5. The molecule has 0 radical (unpaired) electrons. The second kappa shape index (κ2) is 11.3. The third-order valence-electron chi connectivity index (χ3n) is 5.78. The summed E-state index contributed by atoms with van der Waals surface area (Å²) in [6.07, 6.45) is 3.15. The van der Waals surface area contributed by atoms with Crippen molar-refractivity contribution in [1.82, 2.24) is 10.2 Å². The summed E-state index contributed by atoms with van der Waals surface area (Å²) in [5.74, 6) is 0.0702. The van der Waals surface area contributed by atoms with E-state index < -0.39 is 27.4 Å². The Kier molecular flexibility index (Phi) is 8.46. The first-order valence-corrected chi connectivity index (χ1v) is 12.6. The summed E-state index contributed by atoms with van der Waals surface area (Å²) in [6, 6.07) is 9.94. The number of hydrogen-bond donors (Lipinski definition) is 1. The molecule has 2 aromatic carbocycles. The lowest BCUT2D eigenvalue weighted by Crippen LogP contribution is -2.41. The van der Waals surface area contributed by atoms with E-state index in [4.69, 9.17) is 4.74 Å². The van der Waals surface area contributed by atoms with Crippen molar-refractivity contribution in [1.29, 1.82) is 0 Å². The first kappa shape index (κ1) is 25.4. The van der Waals surface area contributed by atoms with Crippen LogP contribution < -0.4 is 14.4 Å². The first-order valence-electron chi connectivity index (χ1n) is 11.1. The van der Waals surface area contributed by atoms with Gasteiger partial charge in [0, 0.05) is 18.2 Å². The molecule has 1 amide bonds. The topological polar surface area (TPSA) is 122 Å². The van der Waals surface area contributed by atoms with Gasteiger partial charge in [-0.05, 0) is 76.2 Å².